The highest BCUT2D eigenvalue weighted by Gasteiger charge is 2.16. The number of thioether (sulfide) groups is 1. The Hall–Kier alpha value is -1.40. The van der Waals surface area contributed by atoms with Crippen LogP contribution >= 0.6 is 23.1 Å². The molecule has 1 aromatic carbocycles. The maximum atomic E-state index is 12.0. The van der Waals surface area contributed by atoms with E-state index in [-0.39, 0.29) is 11.2 Å². The molecule has 0 aliphatic carbocycles. The number of hydrogen-bond donors (Lipinski definition) is 1. The van der Waals surface area contributed by atoms with Crippen molar-refractivity contribution in [3.8, 4) is 0 Å². The Balaban J connectivity index is 1.82. The van der Waals surface area contributed by atoms with E-state index >= 15 is 0 Å². The number of carbonyl (C=O) groups is 1. The standard InChI is InChI=1S/C13H15N3OS2/c1-9(18-13-16-15-10(2)19-13)12(17)14-8-11-6-4-3-5-7-11/h3-7,9H,8H2,1-2H3,(H,14,17)/t9-/m1/s1. The summed E-state index contributed by atoms with van der Waals surface area (Å²) >= 11 is 2.95. The van der Waals surface area contributed by atoms with Gasteiger partial charge in [-0.15, -0.1) is 10.2 Å². The lowest BCUT2D eigenvalue weighted by molar-refractivity contribution is -0.120. The molecule has 0 unspecified atom stereocenters. The SMILES string of the molecule is Cc1nnc(S[C@H](C)C(=O)NCc2ccccc2)s1. The highest BCUT2D eigenvalue weighted by atomic mass is 32.2. The van der Waals surface area contributed by atoms with E-state index in [1.807, 2.05) is 44.2 Å². The number of hydrogen-bond acceptors (Lipinski definition) is 5. The molecular weight excluding hydrogens is 278 g/mol. The van der Waals surface area contributed by atoms with E-state index in [4.69, 9.17) is 0 Å². The first-order valence-electron chi connectivity index (χ1n) is 5.93. The molecule has 19 heavy (non-hydrogen) atoms. The van der Waals surface area contributed by atoms with Gasteiger partial charge in [0.15, 0.2) is 4.34 Å². The maximum absolute atomic E-state index is 12.0. The second-order valence-electron chi connectivity index (χ2n) is 4.05. The molecule has 0 aliphatic heterocycles. The molecule has 1 aromatic heterocycles. The Bertz CT molecular complexity index is 542. The van der Waals surface area contributed by atoms with Gasteiger partial charge < -0.3 is 5.32 Å². The summed E-state index contributed by atoms with van der Waals surface area (Å²) in [6.45, 7) is 4.34. The third-order valence-electron chi connectivity index (χ3n) is 2.46. The molecule has 0 fully saturated rings. The van der Waals surface area contributed by atoms with Crippen LogP contribution < -0.4 is 5.32 Å². The molecule has 1 N–H and O–H groups in total. The lowest BCUT2D eigenvalue weighted by atomic mass is 10.2. The van der Waals surface area contributed by atoms with Crippen molar-refractivity contribution in [1.82, 2.24) is 15.5 Å². The van der Waals surface area contributed by atoms with E-state index in [2.05, 4.69) is 15.5 Å². The lowest BCUT2D eigenvalue weighted by Gasteiger charge is -2.10. The van der Waals surface area contributed by atoms with Gasteiger partial charge in [-0.25, -0.2) is 0 Å². The summed E-state index contributed by atoms with van der Waals surface area (Å²) < 4.78 is 0.833. The van der Waals surface area contributed by atoms with Crippen molar-refractivity contribution in [2.24, 2.45) is 0 Å². The first kappa shape index (κ1) is 14.0. The van der Waals surface area contributed by atoms with E-state index in [1.165, 1.54) is 23.1 Å². The number of carbonyl (C=O) groups excluding carboxylic acids is 1. The smallest absolute Gasteiger partial charge is 0.233 e. The Morgan fingerprint density at radius 1 is 1.37 bits per heavy atom. The van der Waals surface area contributed by atoms with Crippen LogP contribution in [0, 0.1) is 6.92 Å². The summed E-state index contributed by atoms with van der Waals surface area (Å²) in [6.07, 6.45) is 0. The average molecular weight is 293 g/mol. The number of amides is 1. The zero-order valence-electron chi connectivity index (χ0n) is 10.8. The number of benzene rings is 1. The van der Waals surface area contributed by atoms with Gasteiger partial charge in [-0.1, -0.05) is 53.4 Å². The summed E-state index contributed by atoms with van der Waals surface area (Å²) in [6, 6.07) is 9.87. The largest absolute Gasteiger partial charge is 0.351 e. The minimum atomic E-state index is -0.170. The van der Waals surface area contributed by atoms with Gasteiger partial charge in [0, 0.05) is 6.54 Å². The van der Waals surface area contributed by atoms with Crippen molar-refractivity contribution in [3.05, 3.63) is 40.9 Å². The van der Waals surface area contributed by atoms with E-state index in [1.54, 1.807) is 0 Å². The van der Waals surface area contributed by atoms with Gasteiger partial charge in [-0.2, -0.15) is 0 Å². The summed E-state index contributed by atoms with van der Waals surface area (Å²) in [5, 5.41) is 11.6. The van der Waals surface area contributed by atoms with Crippen LogP contribution in [0.5, 0.6) is 0 Å². The fourth-order valence-corrected chi connectivity index (χ4v) is 3.44. The maximum Gasteiger partial charge on any atom is 0.233 e. The average Bonchev–Trinajstić information content (AvgIpc) is 2.82. The Morgan fingerprint density at radius 2 is 2.11 bits per heavy atom. The van der Waals surface area contributed by atoms with Crippen molar-refractivity contribution in [1.29, 1.82) is 0 Å². The molecule has 100 valence electrons. The summed E-state index contributed by atoms with van der Waals surface area (Å²) in [5.41, 5.74) is 1.10. The van der Waals surface area contributed by atoms with Crippen LogP contribution in [0.4, 0.5) is 0 Å². The van der Waals surface area contributed by atoms with Crippen LogP contribution in [-0.2, 0) is 11.3 Å². The number of aryl methyl sites for hydroxylation is 1. The van der Waals surface area contributed by atoms with Gasteiger partial charge in [0.05, 0.1) is 5.25 Å². The highest BCUT2D eigenvalue weighted by Crippen LogP contribution is 2.26. The van der Waals surface area contributed by atoms with Crippen LogP contribution in [-0.4, -0.2) is 21.4 Å². The van der Waals surface area contributed by atoms with Crippen molar-refractivity contribution < 1.29 is 4.79 Å². The first-order valence-corrected chi connectivity index (χ1v) is 7.63. The van der Waals surface area contributed by atoms with Gasteiger partial charge >= 0.3 is 0 Å². The van der Waals surface area contributed by atoms with Crippen LogP contribution in [0.1, 0.15) is 17.5 Å². The molecule has 2 rings (SSSR count). The molecule has 0 aliphatic rings. The molecule has 4 nitrogen and oxygen atoms in total. The number of nitrogens with one attached hydrogen (secondary N) is 1. The van der Waals surface area contributed by atoms with E-state index in [0.29, 0.717) is 6.54 Å². The molecule has 0 saturated heterocycles. The highest BCUT2D eigenvalue weighted by molar-refractivity contribution is 8.02. The first-order chi connectivity index (χ1) is 9.15. The number of nitrogens with zero attached hydrogens (tertiary/aromatic N) is 2. The third kappa shape index (κ3) is 4.33. The van der Waals surface area contributed by atoms with Crippen molar-refractivity contribution in [3.63, 3.8) is 0 Å². The number of aromatic nitrogens is 2. The molecule has 2 aromatic rings. The monoisotopic (exact) mass is 293 g/mol. The summed E-state index contributed by atoms with van der Waals surface area (Å²) in [4.78, 5) is 12.0. The summed E-state index contributed by atoms with van der Waals surface area (Å²) in [5.74, 6) is 0.0155. The van der Waals surface area contributed by atoms with Crippen molar-refractivity contribution in [2.45, 2.75) is 30.0 Å². The number of rotatable bonds is 5. The fraction of sp³-hybridized carbons (Fsp3) is 0.308. The molecule has 0 spiro atoms. The van der Waals surface area contributed by atoms with Gasteiger partial charge in [-0.05, 0) is 19.4 Å². The quantitative estimate of drug-likeness (QED) is 0.861. The second kappa shape index (κ2) is 6.68. The molecule has 6 heteroatoms. The van der Waals surface area contributed by atoms with Crippen LogP contribution in [0.15, 0.2) is 34.7 Å². The fourth-order valence-electron chi connectivity index (χ4n) is 1.46. The Kier molecular flexibility index (Phi) is 4.93. The van der Waals surface area contributed by atoms with Crippen LogP contribution in [0.3, 0.4) is 0 Å². The normalized spacial score (nSPS) is 12.1. The molecule has 1 heterocycles. The zero-order chi connectivity index (χ0) is 13.7. The van der Waals surface area contributed by atoms with E-state index < -0.39 is 0 Å². The minimum absolute atomic E-state index is 0.0155. The van der Waals surface area contributed by atoms with Gasteiger partial charge in [0.25, 0.3) is 0 Å². The molecule has 1 amide bonds. The molecule has 0 bridgehead atoms. The minimum Gasteiger partial charge on any atom is -0.351 e. The Morgan fingerprint density at radius 3 is 2.74 bits per heavy atom. The van der Waals surface area contributed by atoms with Crippen LogP contribution in [0.25, 0.3) is 0 Å². The molecule has 1 atom stereocenters. The van der Waals surface area contributed by atoms with Crippen molar-refractivity contribution >= 4 is 29.0 Å². The van der Waals surface area contributed by atoms with Gasteiger partial charge in [-0.3, -0.25) is 4.79 Å². The molecule has 0 saturated carbocycles. The predicted molar refractivity (Wildman–Crippen MR) is 78.3 cm³/mol. The van der Waals surface area contributed by atoms with Crippen molar-refractivity contribution in [2.75, 3.05) is 0 Å². The second-order valence-corrected chi connectivity index (χ2v) is 6.82. The lowest BCUT2D eigenvalue weighted by Crippen LogP contribution is -2.30. The van der Waals surface area contributed by atoms with Crippen LogP contribution in [0.2, 0.25) is 0 Å². The van der Waals surface area contributed by atoms with E-state index in [0.717, 1.165) is 14.9 Å². The topological polar surface area (TPSA) is 54.9 Å². The van der Waals surface area contributed by atoms with E-state index in [9.17, 15) is 4.79 Å². The predicted octanol–water partition coefficient (Wildman–Crippen LogP) is 2.64. The molecular formula is C13H15N3OS2. The van der Waals surface area contributed by atoms with Gasteiger partial charge in [0.2, 0.25) is 5.91 Å². The van der Waals surface area contributed by atoms with Gasteiger partial charge in [0.1, 0.15) is 5.01 Å². The zero-order valence-corrected chi connectivity index (χ0v) is 12.4. The summed E-state index contributed by atoms with van der Waals surface area (Å²) in [7, 11) is 0. The molecule has 0 radical (unpaired) electrons. The Labute approximate surface area is 120 Å². The third-order valence-corrected chi connectivity index (χ3v) is 4.49.